The summed E-state index contributed by atoms with van der Waals surface area (Å²) in [6.07, 6.45) is 2.73. The van der Waals surface area contributed by atoms with Crippen molar-refractivity contribution in [2.24, 2.45) is 0 Å². The molecule has 1 heterocycles. The second-order valence-electron chi connectivity index (χ2n) is 4.69. The molecule has 100 valence electrons. The van der Waals surface area contributed by atoms with Gasteiger partial charge in [0.1, 0.15) is 0 Å². The Hall–Kier alpha value is -1.94. The van der Waals surface area contributed by atoms with Gasteiger partial charge < -0.3 is 9.80 Å². The zero-order chi connectivity index (χ0) is 13.7. The SMILES string of the molecule is CN1CCN(C(=O)/C=C\C(=O)c2ccccc2)CC1. The van der Waals surface area contributed by atoms with E-state index in [0.717, 1.165) is 26.2 Å². The summed E-state index contributed by atoms with van der Waals surface area (Å²) in [6.45, 7) is 3.21. The maximum atomic E-state index is 11.9. The van der Waals surface area contributed by atoms with Gasteiger partial charge in [0.15, 0.2) is 5.78 Å². The lowest BCUT2D eigenvalue weighted by atomic mass is 10.1. The first-order valence-electron chi connectivity index (χ1n) is 6.42. The average Bonchev–Trinajstić information content (AvgIpc) is 2.46. The van der Waals surface area contributed by atoms with Crippen molar-refractivity contribution in [3.8, 4) is 0 Å². The lowest BCUT2D eigenvalue weighted by Crippen LogP contribution is -2.46. The van der Waals surface area contributed by atoms with Crippen LogP contribution in [0.15, 0.2) is 42.5 Å². The minimum atomic E-state index is -0.136. The number of piperazine rings is 1. The van der Waals surface area contributed by atoms with E-state index in [9.17, 15) is 9.59 Å². The Labute approximate surface area is 113 Å². The van der Waals surface area contributed by atoms with E-state index in [0.29, 0.717) is 5.56 Å². The molecule has 1 aromatic carbocycles. The van der Waals surface area contributed by atoms with Crippen molar-refractivity contribution in [1.82, 2.24) is 9.80 Å². The highest BCUT2D eigenvalue weighted by molar-refractivity contribution is 6.07. The minimum Gasteiger partial charge on any atom is -0.337 e. The summed E-state index contributed by atoms with van der Waals surface area (Å²) < 4.78 is 0. The second kappa shape index (κ2) is 6.29. The summed E-state index contributed by atoms with van der Waals surface area (Å²) in [5.41, 5.74) is 0.602. The molecule has 1 amide bonds. The summed E-state index contributed by atoms with van der Waals surface area (Å²) in [5, 5.41) is 0. The van der Waals surface area contributed by atoms with Crippen LogP contribution in [0.25, 0.3) is 0 Å². The van der Waals surface area contributed by atoms with Crippen LogP contribution in [0.2, 0.25) is 0 Å². The van der Waals surface area contributed by atoms with E-state index in [4.69, 9.17) is 0 Å². The number of allylic oxidation sites excluding steroid dienone is 1. The number of rotatable bonds is 3. The Morgan fingerprint density at radius 2 is 1.63 bits per heavy atom. The fraction of sp³-hybridized carbons (Fsp3) is 0.333. The Morgan fingerprint density at radius 1 is 1.00 bits per heavy atom. The number of benzene rings is 1. The Kier molecular flexibility index (Phi) is 4.47. The van der Waals surface area contributed by atoms with Crippen LogP contribution in [0.3, 0.4) is 0 Å². The predicted octanol–water partition coefficient (Wildman–Crippen LogP) is 1.20. The summed E-state index contributed by atoms with van der Waals surface area (Å²) >= 11 is 0. The number of likely N-dealkylation sites (N-methyl/N-ethyl adjacent to an activating group) is 1. The first-order chi connectivity index (χ1) is 9.16. The van der Waals surface area contributed by atoms with E-state index in [2.05, 4.69) is 4.90 Å². The summed E-state index contributed by atoms with van der Waals surface area (Å²) in [5.74, 6) is -0.222. The fourth-order valence-electron chi connectivity index (χ4n) is 1.98. The molecule has 0 radical (unpaired) electrons. The van der Waals surface area contributed by atoms with Gasteiger partial charge in [0.25, 0.3) is 0 Å². The van der Waals surface area contributed by atoms with Gasteiger partial charge >= 0.3 is 0 Å². The highest BCUT2D eigenvalue weighted by Gasteiger charge is 2.17. The third-order valence-corrected chi connectivity index (χ3v) is 3.25. The zero-order valence-electron chi connectivity index (χ0n) is 11.1. The number of nitrogens with zero attached hydrogens (tertiary/aromatic N) is 2. The van der Waals surface area contributed by atoms with Crippen LogP contribution < -0.4 is 0 Å². The van der Waals surface area contributed by atoms with Crippen molar-refractivity contribution in [2.45, 2.75) is 0 Å². The van der Waals surface area contributed by atoms with Crippen molar-refractivity contribution in [3.63, 3.8) is 0 Å². The monoisotopic (exact) mass is 258 g/mol. The Morgan fingerprint density at radius 3 is 2.26 bits per heavy atom. The molecule has 2 rings (SSSR count). The van der Waals surface area contributed by atoms with Crippen molar-refractivity contribution in [1.29, 1.82) is 0 Å². The summed E-state index contributed by atoms with van der Waals surface area (Å²) in [6, 6.07) is 8.96. The molecule has 0 spiro atoms. The highest BCUT2D eigenvalue weighted by Crippen LogP contribution is 2.03. The molecule has 0 atom stereocenters. The molecule has 0 saturated carbocycles. The fourth-order valence-corrected chi connectivity index (χ4v) is 1.98. The first-order valence-corrected chi connectivity index (χ1v) is 6.42. The van der Waals surface area contributed by atoms with Crippen LogP contribution >= 0.6 is 0 Å². The van der Waals surface area contributed by atoms with Gasteiger partial charge in [0.2, 0.25) is 5.91 Å². The molecule has 1 aliphatic rings. The molecular formula is C15H18N2O2. The molecule has 0 aromatic heterocycles. The molecule has 1 aliphatic heterocycles. The first kappa shape index (κ1) is 13.5. The Bertz CT molecular complexity index is 474. The maximum absolute atomic E-state index is 11.9. The average molecular weight is 258 g/mol. The standard InChI is InChI=1S/C15H18N2O2/c1-16-9-11-17(12-10-16)15(19)8-7-14(18)13-5-3-2-4-6-13/h2-8H,9-12H2,1H3/b8-7-. The van der Waals surface area contributed by atoms with Crippen LogP contribution in [-0.4, -0.2) is 54.7 Å². The number of ketones is 1. The molecule has 0 bridgehead atoms. The van der Waals surface area contributed by atoms with Crippen molar-refractivity contribution < 1.29 is 9.59 Å². The van der Waals surface area contributed by atoms with Gasteiger partial charge in [-0.25, -0.2) is 0 Å². The normalized spacial score (nSPS) is 16.8. The third kappa shape index (κ3) is 3.76. The number of hydrogen-bond acceptors (Lipinski definition) is 3. The van der Waals surface area contributed by atoms with Crippen molar-refractivity contribution in [2.75, 3.05) is 33.2 Å². The molecule has 0 aliphatic carbocycles. The molecule has 1 fully saturated rings. The zero-order valence-corrected chi connectivity index (χ0v) is 11.1. The third-order valence-electron chi connectivity index (χ3n) is 3.25. The van der Waals surface area contributed by atoms with Crippen LogP contribution in [0, 0.1) is 0 Å². The molecule has 19 heavy (non-hydrogen) atoms. The summed E-state index contributed by atoms with van der Waals surface area (Å²) in [4.78, 5) is 27.7. The molecule has 4 nitrogen and oxygen atoms in total. The molecule has 0 unspecified atom stereocenters. The van der Waals surface area contributed by atoms with E-state index in [1.807, 2.05) is 25.2 Å². The number of carbonyl (C=O) groups is 2. The van der Waals surface area contributed by atoms with Gasteiger partial charge in [0.05, 0.1) is 0 Å². The number of hydrogen-bond donors (Lipinski definition) is 0. The van der Waals surface area contributed by atoms with Crippen molar-refractivity contribution in [3.05, 3.63) is 48.0 Å². The lowest BCUT2D eigenvalue weighted by molar-refractivity contribution is -0.127. The topological polar surface area (TPSA) is 40.6 Å². The lowest BCUT2D eigenvalue weighted by Gasteiger charge is -2.31. The quantitative estimate of drug-likeness (QED) is 0.604. The van der Waals surface area contributed by atoms with Gasteiger partial charge in [-0.2, -0.15) is 0 Å². The largest absolute Gasteiger partial charge is 0.337 e. The van der Waals surface area contributed by atoms with Gasteiger partial charge in [0, 0.05) is 37.8 Å². The van der Waals surface area contributed by atoms with E-state index in [1.165, 1.54) is 12.2 Å². The number of amides is 1. The predicted molar refractivity (Wildman–Crippen MR) is 74.0 cm³/mol. The Balaban J connectivity index is 1.92. The van der Waals surface area contributed by atoms with E-state index >= 15 is 0 Å². The minimum absolute atomic E-state index is 0.0858. The van der Waals surface area contributed by atoms with Gasteiger partial charge in [-0.05, 0) is 13.1 Å². The van der Waals surface area contributed by atoms with Gasteiger partial charge in [-0.1, -0.05) is 30.3 Å². The van der Waals surface area contributed by atoms with Crippen LogP contribution in [-0.2, 0) is 4.79 Å². The molecule has 4 heteroatoms. The molecule has 0 N–H and O–H groups in total. The molecule has 1 aromatic rings. The number of carbonyl (C=O) groups excluding carboxylic acids is 2. The van der Waals surface area contributed by atoms with Gasteiger partial charge in [-0.15, -0.1) is 0 Å². The second-order valence-corrected chi connectivity index (χ2v) is 4.69. The highest BCUT2D eigenvalue weighted by atomic mass is 16.2. The van der Waals surface area contributed by atoms with E-state index < -0.39 is 0 Å². The molecule has 1 saturated heterocycles. The van der Waals surface area contributed by atoms with E-state index in [1.54, 1.807) is 17.0 Å². The van der Waals surface area contributed by atoms with E-state index in [-0.39, 0.29) is 11.7 Å². The van der Waals surface area contributed by atoms with Crippen LogP contribution in [0.1, 0.15) is 10.4 Å². The van der Waals surface area contributed by atoms with Crippen LogP contribution in [0.4, 0.5) is 0 Å². The maximum Gasteiger partial charge on any atom is 0.246 e. The summed E-state index contributed by atoms with van der Waals surface area (Å²) in [7, 11) is 2.04. The molecular weight excluding hydrogens is 240 g/mol. The smallest absolute Gasteiger partial charge is 0.246 e. The van der Waals surface area contributed by atoms with Gasteiger partial charge in [-0.3, -0.25) is 9.59 Å². The van der Waals surface area contributed by atoms with Crippen molar-refractivity contribution >= 4 is 11.7 Å². The van der Waals surface area contributed by atoms with Crippen LogP contribution in [0.5, 0.6) is 0 Å².